The second kappa shape index (κ2) is 7.60. The summed E-state index contributed by atoms with van der Waals surface area (Å²) >= 11 is 5.99. The van der Waals surface area contributed by atoms with Crippen LogP contribution < -0.4 is 5.32 Å². The van der Waals surface area contributed by atoms with Crippen molar-refractivity contribution >= 4 is 35.4 Å². The van der Waals surface area contributed by atoms with Crippen LogP contribution >= 0.6 is 11.6 Å². The molecule has 0 unspecified atom stereocenters. The fourth-order valence-electron chi connectivity index (χ4n) is 1.67. The number of nitrogens with zero attached hydrogens (tertiary/aromatic N) is 1. The Morgan fingerprint density at radius 1 is 1.35 bits per heavy atom. The first-order valence-electron chi connectivity index (χ1n) is 6.78. The Balaban J connectivity index is 1.81. The number of carbonyl (C=O) groups excluding carboxylic acids is 2. The van der Waals surface area contributed by atoms with Gasteiger partial charge in [-0.2, -0.15) is 0 Å². The number of carbonyl (C=O) groups is 2. The van der Waals surface area contributed by atoms with Gasteiger partial charge in [-0.15, -0.1) is 0 Å². The summed E-state index contributed by atoms with van der Waals surface area (Å²) in [6, 6.07) is 6.96. The van der Waals surface area contributed by atoms with Gasteiger partial charge in [0.25, 0.3) is 5.91 Å². The Bertz CT molecular complexity index is 752. The normalized spacial score (nSPS) is 10.7. The van der Waals surface area contributed by atoms with E-state index >= 15 is 0 Å². The maximum atomic E-state index is 11.6. The van der Waals surface area contributed by atoms with Crippen molar-refractivity contribution in [2.45, 2.75) is 13.8 Å². The largest absolute Gasteiger partial charge is 0.452 e. The molecule has 6 nitrogen and oxygen atoms in total. The molecule has 1 aromatic heterocycles. The zero-order valence-electron chi connectivity index (χ0n) is 12.6. The number of benzene rings is 1. The zero-order chi connectivity index (χ0) is 16.8. The Hall–Kier alpha value is -2.60. The molecular formula is C16H15ClN2O4. The first-order valence-corrected chi connectivity index (χ1v) is 7.16. The molecule has 0 saturated heterocycles. The van der Waals surface area contributed by atoms with E-state index < -0.39 is 18.5 Å². The van der Waals surface area contributed by atoms with E-state index in [0.29, 0.717) is 10.8 Å². The summed E-state index contributed by atoms with van der Waals surface area (Å²) in [5, 5.41) is 6.66. The third-order valence-electron chi connectivity index (χ3n) is 2.85. The molecular weight excluding hydrogens is 320 g/mol. The Morgan fingerprint density at radius 3 is 2.78 bits per heavy atom. The van der Waals surface area contributed by atoms with Crippen LogP contribution in [0.3, 0.4) is 0 Å². The van der Waals surface area contributed by atoms with Gasteiger partial charge in [0.1, 0.15) is 5.76 Å². The molecule has 0 aliphatic rings. The number of nitrogens with one attached hydrogen (secondary N) is 1. The second-order valence-electron chi connectivity index (χ2n) is 4.82. The summed E-state index contributed by atoms with van der Waals surface area (Å²) in [7, 11) is 0. The van der Waals surface area contributed by atoms with Crippen molar-refractivity contribution in [3.8, 4) is 0 Å². The van der Waals surface area contributed by atoms with Crippen LogP contribution in [0.5, 0.6) is 0 Å². The van der Waals surface area contributed by atoms with Crippen LogP contribution in [0.15, 0.2) is 34.9 Å². The van der Waals surface area contributed by atoms with E-state index in [1.807, 2.05) is 19.1 Å². The molecule has 2 aromatic rings. The van der Waals surface area contributed by atoms with Gasteiger partial charge >= 0.3 is 5.97 Å². The molecule has 1 amide bonds. The lowest BCUT2D eigenvalue weighted by atomic mass is 10.1. The predicted molar refractivity (Wildman–Crippen MR) is 86.1 cm³/mol. The van der Waals surface area contributed by atoms with Crippen LogP contribution in [0.25, 0.3) is 6.08 Å². The van der Waals surface area contributed by atoms with E-state index in [4.69, 9.17) is 20.9 Å². The number of rotatable bonds is 5. The van der Waals surface area contributed by atoms with Gasteiger partial charge in [0, 0.05) is 17.2 Å². The van der Waals surface area contributed by atoms with Crippen LogP contribution in [0.4, 0.5) is 5.82 Å². The number of amides is 1. The van der Waals surface area contributed by atoms with E-state index in [2.05, 4.69) is 10.5 Å². The summed E-state index contributed by atoms with van der Waals surface area (Å²) in [5.74, 6) is -0.294. The quantitative estimate of drug-likeness (QED) is 0.671. The van der Waals surface area contributed by atoms with Crippen molar-refractivity contribution in [3.63, 3.8) is 0 Å². The minimum Gasteiger partial charge on any atom is -0.452 e. The molecule has 0 saturated carbocycles. The fraction of sp³-hybridized carbons (Fsp3) is 0.188. The average molecular weight is 335 g/mol. The zero-order valence-corrected chi connectivity index (χ0v) is 13.4. The number of halogens is 1. The lowest BCUT2D eigenvalue weighted by Gasteiger charge is -2.02. The number of ether oxygens (including phenoxy) is 1. The van der Waals surface area contributed by atoms with Crippen molar-refractivity contribution in [1.82, 2.24) is 5.16 Å². The number of esters is 1. The summed E-state index contributed by atoms with van der Waals surface area (Å²) in [6.45, 7) is 3.17. The molecule has 23 heavy (non-hydrogen) atoms. The first-order chi connectivity index (χ1) is 10.9. The molecule has 1 N–H and O–H groups in total. The molecule has 1 heterocycles. The summed E-state index contributed by atoms with van der Waals surface area (Å²) in [5.41, 5.74) is 1.71. The monoisotopic (exact) mass is 334 g/mol. The predicted octanol–water partition coefficient (Wildman–Crippen LogP) is 3.14. The highest BCUT2D eigenvalue weighted by Crippen LogP contribution is 2.17. The average Bonchev–Trinajstić information content (AvgIpc) is 2.91. The molecule has 0 bridgehead atoms. The molecule has 0 fully saturated rings. The van der Waals surface area contributed by atoms with Gasteiger partial charge in [0.15, 0.2) is 12.4 Å². The van der Waals surface area contributed by atoms with E-state index in [1.165, 1.54) is 6.08 Å². The van der Waals surface area contributed by atoms with Crippen LogP contribution in [0.2, 0.25) is 5.02 Å². The standard InChI is InChI=1S/C16H15ClN2O4/c1-10-3-4-12(8-13(10)17)5-6-16(21)22-9-15(20)18-14-7-11(2)23-19-14/h3-8H,9H2,1-2H3,(H,18,19,20)/b6-5+. The van der Waals surface area contributed by atoms with Crippen LogP contribution in [0.1, 0.15) is 16.9 Å². The van der Waals surface area contributed by atoms with E-state index in [0.717, 1.165) is 11.1 Å². The van der Waals surface area contributed by atoms with E-state index in [1.54, 1.807) is 25.1 Å². The molecule has 0 radical (unpaired) electrons. The summed E-state index contributed by atoms with van der Waals surface area (Å²) in [6.07, 6.45) is 2.79. The topological polar surface area (TPSA) is 81.4 Å². The van der Waals surface area contributed by atoms with Gasteiger partial charge < -0.3 is 14.6 Å². The Kier molecular flexibility index (Phi) is 5.54. The molecule has 0 atom stereocenters. The number of hydrogen-bond acceptors (Lipinski definition) is 5. The van der Waals surface area contributed by atoms with Crippen molar-refractivity contribution in [1.29, 1.82) is 0 Å². The minimum atomic E-state index is -0.631. The second-order valence-corrected chi connectivity index (χ2v) is 5.23. The number of anilines is 1. The molecule has 2 rings (SSSR count). The van der Waals surface area contributed by atoms with E-state index in [-0.39, 0.29) is 5.82 Å². The Labute approximate surface area is 138 Å². The minimum absolute atomic E-state index is 0.272. The lowest BCUT2D eigenvalue weighted by molar-refractivity contribution is -0.142. The van der Waals surface area contributed by atoms with Gasteiger partial charge in [-0.05, 0) is 37.1 Å². The van der Waals surface area contributed by atoms with Gasteiger partial charge in [0.05, 0.1) is 0 Å². The Morgan fingerprint density at radius 2 is 2.13 bits per heavy atom. The maximum absolute atomic E-state index is 11.6. The number of hydrogen-bond donors (Lipinski definition) is 1. The van der Waals surface area contributed by atoms with Crippen LogP contribution in [0, 0.1) is 13.8 Å². The molecule has 120 valence electrons. The fourth-order valence-corrected chi connectivity index (χ4v) is 1.86. The van der Waals surface area contributed by atoms with Crippen molar-refractivity contribution in [2.75, 3.05) is 11.9 Å². The van der Waals surface area contributed by atoms with Gasteiger partial charge in [-0.3, -0.25) is 4.79 Å². The number of aryl methyl sites for hydroxylation is 2. The molecule has 0 aliphatic carbocycles. The van der Waals surface area contributed by atoms with Gasteiger partial charge in [-0.1, -0.05) is 28.9 Å². The lowest BCUT2D eigenvalue weighted by Crippen LogP contribution is -2.20. The van der Waals surface area contributed by atoms with Crippen LogP contribution in [-0.2, 0) is 14.3 Å². The van der Waals surface area contributed by atoms with Gasteiger partial charge in [0.2, 0.25) is 0 Å². The third-order valence-corrected chi connectivity index (χ3v) is 3.26. The molecule has 0 aliphatic heterocycles. The highest BCUT2D eigenvalue weighted by molar-refractivity contribution is 6.31. The van der Waals surface area contributed by atoms with Crippen molar-refractivity contribution in [3.05, 3.63) is 52.3 Å². The van der Waals surface area contributed by atoms with Gasteiger partial charge in [-0.25, -0.2) is 4.79 Å². The molecule has 1 aromatic carbocycles. The summed E-state index contributed by atoms with van der Waals surface area (Å²) in [4.78, 5) is 23.1. The number of aromatic nitrogens is 1. The van der Waals surface area contributed by atoms with Crippen LogP contribution in [-0.4, -0.2) is 23.6 Å². The smallest absolute Gasteiger partial charge is 0.331 e. The van der Waals surface area contributed by atoms with Crippen molar-refractivity contribution < 1.29 is 18.8 Å². The molecule has 7 heteroatoms. The third kappa shape index (κ3) is 5.27. The van der Waals surface area contributed by atoms with E-state index in [9.17, 15) is 9.59 Å². The SMILES string of the molecule is Cc1cc(NC(=O)COC(=O)/C=C/c2ccc(C)c(Cl)c2)no1. The summed E-state index contributed by atoms with van der Waals surface area (Å²) < 4.78 is 9.63. The molecule has 0 spiro atoms. The maximum Gasteiger partial charge on any atom is 0.331 e. The highest BCUT2D eigenvalue weighted by Gasteiger charge is 2.08. The van der Waals surface area contributed by atoms with Crippen molar-refractivity contribution in [2.24, 2.45) is 0 Å². The highest BCUT2D eigenvalue weighted by atomic mass is 35.5. The first kappa shape index (κ1) is 16.8.